The van der Waals surface area contributed by atoms with Crippen LogP contribution in [-0.4, -0.2) is 17.7 Å². The number of rotatable bonds is 4. The number of thiol groups is 1. The molecule has 0 aliphatic rings. The van der Waals surface area contributed by atoms with Gasteiger partial charge in [0.05, 0.1) is 5.25 Å². The average Bonchev–Trinajstić information content (AvgIpc) is 1.99. The minimum absolute atomic E-state index is 0.0112. The van der Waals surface area contributed by atoms with Crippen LogP contribution in [0.2, 0.25) is 0 Å². The molecule has 0 rings (SSSR count). The zero-order valence-electron chi connectivity index (χ0n) is 9.22. The van der Waals surface area contributed by atoms with Gasteiger partial charge in [0.15, 0.2) is 0 Å². The molecule has 0 saturated carbocycles. The summed E-state index contributed by atoms with van der Waals surface area (Å²) >= 11 is 4.06. The molecule has 0 saturated heterocycles. The van der Waals surface area contributed by atoms with Crippen molar-refractivity contribution in [1.29, 1.82) is 0 Å². The van der Waals surface area contributed by atoms with Crippen LogP contribution in [0.5, 0.6) is 0 Å². The van der Waals surface area contributed by atoms with Gasteiger partial charge in [-0.05, 0) is 18.3 Å². The Hall–Kier alpha value is -0.180. The van der Waals surface area contributed by atoms with E-state index in [1.165, 1.54) is 0 Å². The third-order valence-corrected chi connectivity index (χ3v) is 2.90. The van der Waals surface area contributed by atoms with E-state index >= 15 is 0 Å². The summed E-state index contributed by atoms with van der Waals surface area (Å²) in [5.74, 6) is 0.570. The fourth-order valence-corrected chi connectivity index (χ4v) is 0.758. The van der Waals surface area contributed by atoms with Gasteiger partial charge in [-0.1, -0.05) is 27.7 Å². The van der Waals surface area contributed by atoms with Crippen LogP contribution in [0.25, 0.3) is 0 Å². The second-order valence-electron chi connectivity index (χ2n) is 4.54. The molecule has 1 amide bonds. The number of hydrogen-bond acceptors (Lipinski definition) is 2. The predicted molar refractivity (Wildman–Crippen MR) is 60.1 cm³/mol. The molecular formula is C10H21NOS. The van der Waals surface area contributed by atoms with Crippen molar-refractivity contribution in [3.63, 3.8) is 0 Å². The second kappa shape index (κ2) is 4.89. The molecule has 3 heteroatoms. The molecule has 0 fully saturated rings. The van der Waals surface area contributed by atoms with E-state index in [0.717, 1.165) is 0 Å². The summed E-state index contributed by atoms with van der Waals surface area (Å²) in [6, 6.07) is 0. The van der Waals surface area contributed by atoms with Crippen molar-refractivity contribution in [2.75, 3.05) is 6.54 Å². The van der Waals surface area contributed by atoms with Crippen LogP contribution in [0.4, 0.5) is 0 Å². The standard InChI is InChI=1S/C10H21NOS/c1-7(2)10(4,5)6-11-9(12)8(3)13/h7-8,13H,6H2,1-5H3,(H,11,12). The monoisotopic (exact) mass is 203 g/mol. The van der Waals surface area contributed by atoms with E-state index in [1.807, 2.05) is 0 Å². The molecule has 78 valence electrons. The van der Waals surface area contributed by atoms with Crippen molar-refractivity contribution in [3.05, 3.63) is 0 Å². The van der Waals surface area contributed by atoms with E-state index in [-0.39, 0.29) is 16.6 Å². The highest BCUT2D eigenvalue weighted by molar-refractivity contribution is 7.81. The summed E-state index contributed by atoms with van der Waals surface area (Å²) in [6.45, 7) is 11.1. The molecule has 0 aromatic rings. The minimum atomic E-state index is -0.219. The van der Waals surface area contributed by atoms with Gasteiger partial charge in [-0.15, -0.1) is 0 Å². The van der Waals surface area contributed by atoms with E-state index in [9.17, 15) is 4.79 Å². The summed E-state index contributed by atoms with van der Waals surface area (Å²) in [7, 11) is 0. The highest BCUT2D eigenvalue weighted by Crippen LogP contribution is 2.24. The molecule has 0 aromatic carbocycles. The maximum Gasteiger partial charge on any atom is 0.232 e. The van der Waals surface area contributed by atoms with Crippen molar-refractivity contribution in [2.24, 2.45) is 11.3 Å². The van der Waals surface area contributed by atoms with Crippen LogP contribution in [0.3, 0.4) is 0 Å². The molecule has 13 heavy (non-hydrogen) atoms. The van der Waals surface area contributed by atoms with E-state index in [2.05, 4.69) is 45.6 Å². The first kappa shape index (κ1) is 12.8. The molecule has 1 N–H and O–H groups in total. The first-order chi connectivity index (χ1) is 5.77. The van der Waals surface area contributed by atoms with Crippen molar-refractivity contribution < 1.29 is 4.79 Å². The Kier molecular flexibility index (Phi) is 4.82. The van der Waals surface area contributed by atoms with Gasteiger partial charge in [0.25, 0.3) is 0 Å². The van der Waals surface area contributed by atoms with Crippen molar-refractivity contribution in [1.82, 2.24) is 5.32 Å². The summed E-state index contributed by atoms with van der Waals surface area (Å²) < 4.78 is 0. The van der Waals surface area contributed by atoms with Gasteiger partial charge in [0.1, 0.15) is 0 Å². The van der Waals surface area contributed by atoms with Crippen LogP contribution in [-0.2, 0) is 4.79 Å². The summed E-state index contributed by atoms with van der Waals surface area (Å²) in [5.41, 5.74) is 0.151. The largest absolute Gasteiger partial charge is 0.355 e. The van der Waals surface area contributed by atoms with Crippen molar-refractivity contribution >= 4 is 18.5 Å². The van der Waals surface area contributed by atoms with Gasteiger partial charge in [0, 0.05) is 6.54 Å². The Morgan fingerprint density at radius 3 is 2.15 bits per heavy atom. The van der Waals surface area contributed by atoms with Crippen molar-refractivity contribution in [3.8, 4) is 0 Å². The van der Waals surface area contributed by atoms with E-state index in [0.29, 0.717) is 12.5 Å². The van der Waals surface area contributed by atoms with Crippen LogP contribution >= 0.6 is 12.6 Å². The van der Waals surface area contributed by atoms with Crippen LogP contribution in [0, 0.1) is 11.3 Å². The van der Waals surface area contributed by atoms with E-state index in [4.69, 9.17) is 0 Å². The lowest BCUT2D eigenvalue weighted by Gasteiger charge is -2.29. The SMILES string of the molecule is CC(S)C(=O)NCC(C)(C)C(C)C. The van der Waals surface area contributed by atoms with Crippen LogP contribution in [0.15, 0.2) is 0 Å². The molecule has 0 aliphatic carbocycles. The molecule has 0 aliphatic heterocycles. The normalized spacial score (nSPS) is 14.4. The molecular weight excluding hydrogens is 182 g/mol. The lowest BCUT2D eigenvalue weighted by molar-refractivity contribution is -0.120. The van der Waals surface area contributed by atoms with Gasteiger partial charge in [-0.3, -0.25) is 4.79 Å². The Morgan fingerprint density at radius 2 is 1.85 bits per heavy atom. The quantitative estimate of drug-likeness (QED) is 0.673. The maximum atomic E-state index is 11.2. The number of carbonyl (C=O) groups is 1. The average molecular weight is 203 g/mol. The molecule has 0 spiro atoms. The number of hydrogen-bond donors (Lipinski definition) is 2. The molecule has 0 bridgehead atoms. The lowest BCUT2D eigenvalue weighted by atomic mass is 9.81. The fourth-order valence-electron chi connectivity index (χ4n) is 0.667. The lowest BCUT2D eigenvalue weighted by Crippen LogP contribution is -2.39. The van der Waals surface area contributed by atoms with Gasteiger partial charge in [-0.25, -0.2) is 0 Å². The maximum absolute atomic E-state index is 11.2. The highest BCUT2D eigenvalue weighted by Gasteiger charge is 2.23. The molecule has 1 atom stereocenters. The predicted octanol–water partition coefficient (Wildman–Crippen LogP) is 2.10. The summed E-state index contributed by atoms with van der Waals surface area (Å²) in [4.78, 5) is 11.2. The van der Waals surface area contributed by atoms with Gasteiger partial charge >= 0.3 is 0 Å². The smallest absolute Gasteiger partial charge is 0.232 e. The summed E-state index contributed by atoms with van der Waals surface area (Å²) in [6.07, 6.45) is 0. The summed E-state index contributed by atoms with van der Waals surface area (Å²) in [5, 5.41) is 2.67. The Balaban J connectivity index is 3.95. The van der Waals surface area contributed by atoms with Crippen LogP contribution < -0.4 is 5.32 Å². The molecule has 0 heterocycles. The Morgan fingerprint density at radius 1 is 1.38 bits per heavy atom. The first-order valence-electron chi connectivity index (χ1n) is 4.73. The Labute approximate surface area is 86.9 Å². The zero-order chi connectivity index (χ0) is 10.6. The third-order valence-electron chi connectivity index (χ3n) is 2.66. The number of amides is 1. The van der Waals surface area contributed by atoms with Gasteiger partial charge in [0.2, 0.25) is 5.91 Å². The topological polar surface area (TPSA) is 29.1 Å². The molecule has 0 radical (unpaired) electrons. The minimum Gasteiger partial charge on any atom is -0.355 e. The second-order valence-corrected chi connectivity index (χ2v) is 5.31. The van der Waals surface area contributed by atoms with Crippen molar-refractivity contribution in [2.45, 2.75) is 39.9 Å². The molecule has 2 nitrogen and oxygen atoms in total. The first-order valence-corrected chi connectivity index (χ1v) is 5.25. The van der Waals surface area contributed by atoms with Crippen LogP contribution in [0.1, 0.15) is 34.6 Å². The number of nitrogens with one attached hydrogen (secondary N) is 1. The third kappa shape index (κ3) is 4.55. The van der Waals surface area contributed by atoms with Gasteiger partial charge in [-0.2, -0.15) is 12.6 Å². The fraction of sp³-hybridized carbons (Fsp3) is 0.900. The highest BCUT2D eigenvalue weighted by atomic mass is 32.1. The van der Waals surface area contributed by atoms with E-state index in [1.54, 1.807) is 6.92 Å². The van der Waals surface area contributed by atoms with Gasteiger partial charge < -0.3 is 5.32 Å². The Bertz CT molecular complexity index is 176. The molecule has 0 aromatic heterocycles. The van der Waals surface area contributed by atoms with E-state index < -0.39 is 0 Å². The number of carbonyl (C=O) groups excluding carboxylic acids is 1. The molecule has 1 unspecified atom stereocenters. The zero-order valence-corrected chi connectivity index (χ0v) is 10.1.